The molecule has 0 saturated carbocycles. The number of hydrogen-bond donors (Lipinski definition) is 1. The molecule has 0 radical (unpaired) electrons. The highest BCUT2D eigenvalue weighted by Crippen LogP contribution is 2.29. The van der Waals surface area contributed by atoms with Gasteiger partial charge in [-0.25, -0.2) is 0 Å². The van der Waals surface area contributed by atoms with Crippen LogP contribution in [0.3, 0.4) is 0 Å². The molecule has 1 aromatic rings. The summed E-state index contributed by atoms with van der Waals surface area (Å²) in [7, 11) is 0. The molecule has 0 bridgehead atoms. The SMILES string of the molecule is CCCNC(c1ccnn1CCC)C(C)(C)OCC. The van der Waals surface area contributed by atoms with Gasteiger partial charge in [0.25, 0.3) is 0 Å². The number of aryl methyl sites for hydroxylation is 1. The second-order valence-corrected chi connectivity index (χ2v) is 5.40. The van der Waals surface area contributed by atoms with Gasteiger partial charge in [-0.2, -0.15) is 5.10 Å². The Balaban J connectivity index is 2.97. The standard InChI is InChI=1S/C15H29N3O/c1-6-10-16-14(15(4,5)19-8-3)13-9-11-17-18(13)12-7-2/h9,11,14,16H,6-8,10,12H2,1-5H3. The zero-order valence-corrected chi connectivity index (χ0v) is 13.1. The summed E-state index contributed by atoms with van der Waals surface area (Å²) < 4.78 is 8.03. The third-order valence-corrected chi connectivity index (χ3v) is 3.29. The Morgan fingerprint density at radius 2 is 2.05 bits per heavy atom. The molecular weight excluding hydrogens is 238 g/mol. The van der Waals surface area contributed by atoms with Crippen molar-refractivity contribution < 1.29 is 4.74 Å². The molecule has 1 N–H and O–H groups in total. The Labute approximate surface area is 117 Å². The smallest absolute Gasteiger partial charge is 0.0835 e. The fourth-order valence-corrected chi connectivity index (χ4v) is 2.44. The lowest BCUT2D eigenvalue weighted by atomic mass is 9.95. The molecule has 1 unspecified atom stereocenters. The van der Waals surface area contributed by atoms with E-state index in [1.807, 2.05) is 13.1 Å². The van der Waals surface area contributed by atoms with Crippen LogP contribution in [0.5, 0.6) is 0 Å². The minimum atomic E-state index is -0.241. The van der Waals surface area contributed by atoms with Crippen molar-refractivity contribution in [2.45, 2.75) is 65.6 Å². The molecular formula is C15H29N3O. The van der Waals surface area contributed by atoms with Gasteiger partial charge < -0.3 is 10.1 Å². The summed E-state index contributed by atoms with van der Waals surface area (Å²) >= 11 is 0. The first-order valence-corrected chi connectivity index (χ1v) is 7.45. The molecule has 1 aromatic heterocycles. The van der Waals surface area contributed by atoms with Crippen LogP contribution in [-0.2, 0) is 11.3 Å². The van der Waals surface area contributed by atoms with E-state index in [0.29, 0.717) is 0 Å². The maximum atomic E-state index is 5.94. The molecule has 1 heterocycles. The van der Waals surface area contributed by atoms with Crippen molar-refractivity contribution in [3.63, 3.8) is 0 Å². The normalized spacial score (nSPS) is 13.7. The maximum absolute atomic E-state index is 5.94. The zero-order valence-electron chi connectivity index (χ0n) is 13.1. The molecule has 0 spiro atoms. The van der Waals surface area contributed by atoms with Crippen molar-refractivity contribution in [3.8, 4) is 0 Å². The lowest BCUT2D eigenvalue weighted by Crippen LogP contribution is -2.43. The number of hydrogen-bond acceptors (Lipinski definition) is 3. The molecule has 110 valence electrons. The van der Waals surface area contributed by atoms with Crippen LogP contribution < -0.4 is 5.32 Å². The van der Waals surface area contributed by atoms with Crippen LogP contribution in [0.25, 0.3) is 0 Å². The quantitative estimate of drug-likeness (QED) is 0.747. The van der Waals surface area contributed by atoms with E-state index in [-0.39, 0.29) is 11.6 Å². The highest BCUT2D eigenvalue weighted by molar-refractivity contribution is 5.12. The van der Waals surface area contributed by atoms with Gasteiger partial charge in [-0.05, 0) is 46.2 Å². The van der Waals surface area contributed by atoms with Gasteiger partial charge in [0.2, 0.25) is 0 Å². The van der Waals surface area contributed by atoms with Crippen LogP contribution in [-0.4, -0.2) is 28.5 Å². The second kappa shape index (κ2) is 7.65. The summed E-state index contributed by atoms with van der Waals surface area (Å²) in [5.41, 5.74) is 0.976. The highest BCUT2D eigenvalue weighted by Gasteiger charge is 2.33. The van der Waals surface area contributed by atoms with Gasteiger partial charge in [0.05, 0.1) is 17.3 Å². The third kappa shape index (κ3) is 4.32. The largest absolute Gasteiger partial charge is 0.374 e. The van der Waals surface area contributed by atoms with Crippen molar-refractivity contribution in [1.29, 1.82) is 0 Å². The molecule has 0 saturated heterocycles. The lowest BCUT2D eigenvalue weighted by Gasteiger charge is -2.35. The molecule has 1 rings (SSSR count). The van der Waals surface area contributed by atoms with E-state index in [2.05, 4.69) is 48.9 Å². The molecule has 0 aliphatic heterocycles. The fraction of sp³-hybridized carbons (Fsp3) is 0.800. The van der Waals surface area contributed by atoms with Gasteiger partial charge >= 0.3 is 0 Å². The Morgan fingerprint density at radius 3 is 2.63 bits per heavy atom. The minimum Gasteiger partial charge on any atom is -0.374 e. The number of nitrogens with one attached hydrogen (secondary N) is 1. The first-order valence-electron chi connectivity index (χ1n) is 7.45. The molecule has 0 aliphatic carbocycles. The topological polar surface area (TPSA) is 39.1 Å². The molecule has 4 heteroatoms. The summed E-state index contributed by atoms with van der Waals surface area (Å²) in [6.07, 6.45) is 4.08. The van der Waals surface area contributed by atoms with Gasteiger partial charge in [-0.3, -0.25) is 4.68 Å². The second-order valence-electron chi connectivity index (χ2n) is 5.40. The predicted octanol–water partition coefficient (Wildman–Crippen LogP) is 3.15. The Bertz CT molecular complexity index is 360. The summed E-state index contributed by atoms with van der Waals surface area (Å²) in [6, 6.07) is 2.27. The van der Waals surface area contributed by atoms with E-state index >= 15 is 0 Å². The van der Waals surface area contributed by atoms with Crippen LogP contribution in [0.4, 0.5) is 0 Å². The molecule has 19 heavy (non-hydrogen) atoms. The molecule has 0 amide bonds. The predicted molar refractivity (Wildman–Crippen MR) is 79.3 cm³/mol. The van der Waals surface area contributed by atoms with Gasteiger partial charge in [0.1, 0.15) is 0 Å². The maximum Gasteiger partial charge on any atom is 0.0835 e. The number of aromatic nitrogens is 2. The van der Waals surface area contributed by atoms with E-state index in [1.165, 1.54) is 5.69 Å². The van der Waals surface area contributed by atoms with E-state index in [1.54, 1.807) is 0 Å². The van der Waals surface area contributed by atoms with E-state index in [0.717, 1.165) is 32.5 Å². The number of nitrogens with zero attached hydrogens (tertiary/aromatic N) is 2. The first kappa shape index (κ1) is 16.2. The molecule has 4 nitrogen and oxygen atoms in total. The van der Waals surface area contributed by atoms with Crippen LogP contribution >= 0.6 is 0 Å². The van der Waals surface area contributed by atoms with E-state index < -0.39 is 0 Å². The first-order chi connectivity index (χ1) is 9.06. The van der Waals surface area contributed by atoms with Crippen LogP contribution in [0, 0.1) is 0 Å². The van der Waals surface area contributed by atoms with Gasteiger partial charge in [-0.1, -0.05) is 13.8 Å². The summed E-state index contributed by atoms with van der Waals surface area (Å²) in [5, 5.41) is 8.04. The van der Waals surface area contributed by atoms with Crippen molar-refractivity contribution in [1.82, 2.24) is 15.1 Å². The highest BCUT2D eigenvalue weighted by atomic mass is 16.5. The van der Waals surface area contributed by atoms with Gasteiger partial charge in [0.15, 0.2) is 0 Å². The van der Waals surface area contributed by atoms with Gasteiger partial charge in [0, 0.05) is 19.3 Å². The van der Waals surface area contributed by atoms with Crippen LogP contribution in [0.1, 0.15) is 59.2 Å². The number of ether oxygens (including phenoxy) is 1. The average Bonchev–Trinajstić information content (AvgIpc) is 2.78. The van der Waals surface area contributed by atoms with E-state index in [9.17, 15) is 0 Å². The van der Waals surface area contributed by atoms with Crippen molar-refractivity contribution >= 4 is 0 Å². The van der Waals surface area contributed by atoms with Gasteiger partial charge in [-0.15, -0.1) is 0 Å². The lowest BCUT2D eigenvalue weighted by molar-refractivity contribution is -0.0412. The van der Waals surface area contributed by atoms with Crippen LogP contribution in [0.2, 0.25) is 0 Å². The minimum absolute atomic E-state index is 0.168. The Kier molecular flexibility index (Phi) is 6.52. The van der Waals surface area contributed by atoms with Crippen molar-refractivity contribution in [2.24, 2.45) is 0 Å². The summed E-state index contributed by atoms with van der Waals surface area (Å²) in [6.45, 7) is 13.4. The fourth-order valence-electron chi connectivity index (χ4n) is 2.44. The molecule has 0 fully saturated rings. The Morgan fingerprint density at radius 1 is 1.32 bits per heavy atom. The van der Waals surface area contributed by atoms with E-state index in [4.69, 9.17) is 4.74 Å². The molecule has 0 aliphatic rings. The monoisotopic (exact) mass is 267 g/mol. The summed E-state index contributed by atoms with van der Waals surface area (Å²) in [5.74, 6) is 0. The summed E-state index contributed by atoms with van der Waals surface area (Å²) in [4.78, 5) is 0. The number of rotatable bonds is 9. The van der Waals surface area contributed by atoms with Crippen molar-refractivity contribution in [2.75, 3.05) is 13.2 Å². The zero-order chi connectivity index (χ0) is 14.3. The Hall–Kier alpha value is -0.870. The van der Waals surface area contributed by atoms with Crippen LogP contribution in [0.15, 0.2) is 12.3 Å². The third-order valence-electron chi connectivity index (χ3n) is 3.29. The molecule has 1 atom stereocenters. The average molecular weight is 267 g/mol. The molecule has 0 aromatic carbocycles. The van der Waals surface area contributed by atoms with Crippen molar-refractivity contribution in [3.05, 3.63) is 18.0 Å².